The Morgan fingerprint density at radius 3 is 2.92 bits per heavy atom. The molecule has 0 aliphatic carbocycles. The van der Waals surface area contributed by atoms with Crippen molar-refractivity contribution in [1.29, 1.82) is 0 Å². The summed E-state index contributed by atoms with van der Waals surface area (Å²) in [6.45, 7) is 2.47. The van der Waals surface area contributed by atoms with Gasteiger partial charge in [-0.15, -0.1) is 10.2 Å². The van der Waals surface area contributed by atoms with E-state index in [2.05, 4.69) is 30.6 Å². The monoisotopic (exact) mass is 373 g/mol. The van der Waals surface area contributed by atoms with Crippen LogP contribution in [0.5, 0.6) is 0 Å². The summed E-state index contributed by atoms with van der Waals surface area (Å²) < 4.78 is 15.4. The van der Waals surface area contributed by atoms with Crippen molar-refractivity contribution in [2.24, 2.45) is 0 Å². The lowest BCUT2D eigenvalue weighted by molar-refractivity contribution is 0.627. The first-order valence-electron chi connectivity index (χ1n) is 7.34. The fourth-order valence-corrected chi connectivity index (χ4v) is 4.00. The van der Waals surface area contributed by atoms with Crippen molar-refractivity contribution in [2.75, 3.05) is 5.32 Å². The second-order valence-corrected chi connectivity index (χ2v) is 7.41. The molecule has 3 heterocycles. The van der Waals surface area contributed by atoms with Crippen LogP contribution in [0.2, 0.25) is 0 Å². The van der Waals surface area contributed by atoms with Crippen LogP contribution in [0.15, 0.2) is 46.0 Å². The van der Waals surface area contributed by atoms with Gasteiger partial charge in [-0.2, -0.15) is 14.6 Å². The zero-order valence-electron chi connectivity index (χ0n) is 13.0. The predicted molar refractivity (Wildman–Crippen MR) is 93.3 cm³/mol. The van der Waals surface area contributed by atoms with Crippen molar-refractivity contribution in [3.8, 4) is 0 Å². The SMILES string of the molecule is Cc1cc(Sc2nnc(NCc3ccc(F)cc3)s2)n2ncnc2n1. The molecule has 0 radical (unpaired) electrons. The van der Waals surface area contributed by atoms with Crippen LogP contribution in [0.4, 0.5) is 9.52 Å². The van der Waals surface area contributed by atoms with Crippen LogP contribution in [-0.2, 0) is 6.54 Å². The predicted octanol–water partition coefficient (Wildman–Crippen LogP) is 3.19. The topological polar surface area (TPSA) is 80.9 Å². The Hall–Kier alpha value is -2.59. The quantitative estimate of drug-likeness (QED) is 0.538. The minimum atomic E-state index is -0.245. The molecule has 1 N–H and O–H groups in total. The van der Waals surface area contributed by atoms with Crippen molar-refractivity contribution >= 4 is 34.0 Å². The zero-order chi connectivity index (χ0) is 17.2. The van der Waals surface area contributed by atoms with Crippen molar-refractivity contribution < 1.29 is 4.39 Å². The third kappa shape index (κ3) is 3.59. The molecule has 7 nitrogen and oxygen atoms in total. The molecule has 0 aliphatic rings. The number of fused-ring (bicyclic) bond motifs is 1. The van der Waals surface area contributed by atoms with Gasteiger partial charge < -0.3 is 5.32 Å². The maximum Gasteiger partial charge on any atom is 0.253 e. The van der Waals surface area contributed by atoms with E-state index in [1.807, 2.05) is 13.0 Å². The highest BCUT2D eigenvalue weighted by Gasteiger charge is 2.11. The Labute approximate surface area is 150 Å². The summed E-state index contributed by atoms with van der Waals surface area (Å²) >= 11 is 2.90. The average Bonchev–Trinajstić information content (AvgIpc) is 3.23. The van der Waals surface area contributed by atoms with Gasteiger partial charge in [0.05, 0.1) is 0 Å². The van der Waals surface area contributed by atoms with Crippen LogP contribution in [0.3, 0.4) is 0 Å². The lowest BCUT2D eigenvalue weighted by Gasteiger charge is -2.02. The van der Waals surface area contributed by atoms with E-state index < -0.39 is 0 Å². The molecule has 0 unspecified atom stereocenters. The summed E-state index contributed by atoms with van der Waals surface area (Å²) in [6.07, 6.45) is 1.47. The molecule has 0 fully saturated rings. The lowest BCUT2D eigenvalue weighted by atomic mass is 10.2. The first-order chi connectivity index (χ1) is 12.2. The van der Waals surface area contributed by atoms with E-state index in [0.717, 1.165) is 20.6 Å². The number of nitrogens with one attached hydrogen (secondary N) is 1. The number of anilines is 1. The molecular weight excluding hydrogens is 361 g/mol. The Morgan fingerprint density at radius 2 is 2.08 bits per heavy atom. The molecule has 4 aromatic rings. The third-order valence-electron chi connectivity index (χ3n) is 3.30. The van der Waals surface area contributed by atoms with E-state index in [9.17, 15) is 4.39 Å². The maximum absolute atomic E-state index is 12.9. The Morgan fingerprint density at radius 1 is 1.24 bits per heavy atom. The molecule has 0 atom stereocenters. The summed E-state index contributed by atoms with van der Waals surface area (Å²) in [5.41, 5.74) is 1.84. The van der Waals surface area contributed by atoms with Crippen LogP contribution in [0, 0.1) is 12.7 Å². The number of hydrogen-bond donors (Lipinski definition) is 1. The van der Waals surface area contributed by atoms with Gasteiger partial charge in [-0.1, -0.05) is 23.5 Å². The molecule has 1 aromatic carbocycles. The van der Waals surface area contributed by atoms with Crippen LogP contribution >= 0.6 is 23.1 Å². The van der Waals surface area contributed by atoms with Crippen LogP contribution < -0.4 is 5.32 Å². The summed E-state index contributed by atoms with van der Waals surface area (Å²) in [5.74, 6) is 0.312. The number of benzene rings is 1. The molecule has 0 bridgehead atoms. The second-order valence-electron chi connectivity index (χ2n) is 5.16. The average molecular weight is 373 g/mol. The molecule has 3 aromatic heterocycles. The summed E-state index contributed by atoms with van der Waals surface area (Å²) in [5, 5.41) is 17.3. The number of rotatable bonds is 5. The number of halogens is 1. The van der Waals surface area contributed by atoms with Gasteiger partial charge in [-0.25, -0.2) is 9.37 Å². The number of aromatic nitrogens is 6. The number of nitrogens with zero attached hydrogens (tertiary/aromatic N) is 6. The van der Waals surface area contributed by atoms with Crippen LogP contribution in [-0.4, -0.2) is 29.8 Å². The molecule has 25 heavy (non-hydrogen) atoms. The molecule has 0 saturated carbocycles. The third-order valence-corrected chi connectivity index (χ3v) is 5.23. The zero-order valence-corrected chi connectivity index (χ0v) is 14.7. The van der Waals surface area contributed by atoms with Crippen molar-refractivity contribution in [3.05, 3.63) is 53.7 Å². The summed E-state index contributed by atoms with van der Waals surface area (Å²) in [4.78, 5) is 8.43. The van der Waals surface area contributed by atoms with Gasteiger partial charge in [0.15, 0.2) is 4.34 Å². The Bertz CT molecular complexity index is 1010. The molecule has 0 aliphatic heterocycles. The standard InChI is InChI=1S/C15H12FN7S2/c1-9-6-12(23-13(20-9)18-8-19-23)24-15-22-21-14(25-15)17-7-10-2-4-11(16)5-3-10/h2-6,8H,7H2,1H3,(H,17,21). The van der Waals surface area contributed by atoms with Crippen LogP contribution in [0.25, 0.3) is 5.78 Å². The van der Waals surface area contributed by atoms with Gasteiger partial charge in [-0.3, -0.25) is 0 Å². The molecule has 10 heteroatoms. The van der Waals surface area contributed by atoms with Gasteiger partial charge in [0.1, 0.15) is 17.2 Å². The molecule has 0 saturated heterocycles. The second kappa shape index (κ2) is 6.73. The van der Waals surface area contributed by atoms with E-state index in [1.54, 1.807) is 16.6 Å². The van der Waals surface area contributed by atoms with E-state index >= 15 is 0 Å². The van der Waals surface area contributed by atoms with E-state index in [0.29, 0.717) is 17.5 Å². The molecule has 0 amide bonds. The van der Waals surface area contributed by atoms with E-state index in [-0.39, 0.29) is 5.82 Å². The first kappa shape index (κ1) is 15.9. The van der Waals surface area contributed by atoms with Crippen LogP contribution in [0.1, 0.15) is 11.3 Å². The highest BCUT2D eigenvalue weighted by Crippen LogP contribution is 2.32. The number of aryl methyl sites for hydroxylation is 1. The Kier molecular flexibility index (Phi) is 4.28. The molecular formula is C15H12FN7S2. The number of hydrogen-bond acceptors (Lipinski definition) is 8. The molecule has 0 spiro atoms. The molecule has 126 valence electrons. The van der Waals surface area contributed by atoms with Gasteiger partial charge in [0.25, 0.3) is 5.78 Å². The summed E-state index contributed by atoms with van der Waals surface area (Å²) in [6, 6.07) is 8.28. The van der Waals surface area contributed by atoms with Gasteiger partial charge >= 0.3 is 0 Å². The highest BCUT2D eigenvalue weighted by molar-refractivity contribution is 8.01. The maximum atomic E-state index is 12.9. The Balaban J connectivity index is 1.47. The summed E-state index contributed by atoms with van der Waals surface area (Å²) in [7, 11) is 0. The minimum Gasteiger partial charge on any atom is -0.356 e. The highest BCUT2D eigenvalue weighted by atomic mass is 32.2. The van der Waals surface area contributed by atoms with Gasteiger partial charge in [0, 0.05) is 12.2 Å². The van der Waals surface area contributed by atoms with E-state index in [4.69, 9.17) is 0 Å². The minimum absolute atomic E-state index is 0.245. The fourth-order valence-electron chi connectivity index (χ4n) is 2.16. The van der Waals surface area contributed by atoms with E-state index in [1.165, 1.54) is 41.6 Å². The largest absolute Gasteiger partial charge is 0.356 e. The van der Waals surface area contributed by atoms with Crippen molar-refractivity contribution in [1.82, 2.24) is 29.8 Å². The first-order valence-corrected chi connectivity index (χ1v) is 8.98. The van der Waals surface area contributed by atoms with Gasteiger partial charge in [0.2, 0.25) is 5.13 Å². The van der Waals surface area contributed by atoms with Crippen molar-refractivity contribution in [3.63, 3.8) is 0 Å². The smallest absolute Gasteiger partial charge is 0.253 e. The van der Waals surface area contributed by atoms with Crippen molar-refractivity contribution in [2.45, 2.75) is 22.8 Å². The lowest BCUT2D eigenvalue weighted by Crippen LogP contribution is -1.98. The fraction of sp³-hybridized carbons (Fsp3) is 0.133. The molecule has 4 rings (SSSR count). The normalized spacial score (nSPS) is 11.1. The van der Waals surface area contributed by atoms with Gasteiger partial charge in [-0.05, 0) is 42.4 Å².